The molecule has 0 bridgehead atoms. The molecule has 32 heavy (non-hydrogen) atoms. The summed E-state index contributed by atoms with van der Waals surface area (Å²) in [5.41, 5.74) is 3.20. The molecule has 2 aromatic rings. The summed E-state index contributed by atoms with van der Waals surface area (Å²) in [4.78, 5) is 37.6. The van der Waals surface area contributed by atoms with Crippen LogP contribution < -0.4 is 9.47 Å². The number of hydrogen-bond acceptors (Lipinski definition) is 7. The van der Waals surface area contributed by atoms with Gasteiger partial charge in [-0.15, -0.1) is 0 Å². The van der Waals surface area contributed by atoms with Gasteiger partial charge < -0.3 is 23.8 Å². The fraction of sp³-hybridized carbons (Fsp3) is 0.292. The van der Waals surface area contributed by atoms with Crippen LogP contribution in [0.1, 0.15) is 27.0 Å². The summed E-state index contributed by atoms with van der Waals surface area (Å²) in [6, 6.07) is 10.3. The number of benzene rings is 2. The highest BCUT2D eigenvalue weighted by Gasteiger charge is 2.23. The van der Waals surface area contributed by atoms with Crippen molar-refractivity contribution in [2.24, 2.45) is 0 Å². The quantitative estimate of drug-likeness (QED) is 0.484. The molecule has 1 heterocycles. The van der Waals surface area contributed by atoms with Gasteiger partial charge in [0.15, 0.2) is 18.1 Å². The first-order valence-electron chi connectivity index (χ1n) is 10.00. The monoisotopic (exact) mass is 439 g/mol. The van der Waals surface area contributed by atoms with Crippen molar-refractivity contribution in [1.82, 2.24) is 4.90 Å². The molecule has 8 nitrogen and oxygen atoms in total. The Labute approximate surface area is 186 Å². The minimum atomic E-state index is -0.626. The minimum Gasteiger partial charge on any atom is -0.493 e. The first-order valence-corrected chi connectivity index (χ1v) is 10.00. The van der Waals surface area contributed by atoms with Gasteiger partial charge in [-0.2, -0.15) is 0 Å². The van der Waals surface area contributed by atoms with E-state index in [0.29, 0.717) is 42.1 Å². The van der Waals surface area contributed by atoms with Gasteiger partial charge in [-0.1, -0.05) is 12.1 Å². The molecule has 0 spiro atoms. The van der Waals surface area contributed by atoms with Crippen LogP contribution >= 0.6 is 0 Å². The van der Waals surface area contributed by atoms with Gasteiger partial charge in [0.05, 0.1) is 26.9 Å². The Bertz CT molecular complexity index is 1030. The standard InChI is InChI=1S/C24H25NO7/c1-29-20-12-18-10-11-25(14-19(18)13-21(20)30-2)22(26)15-32-23(27)9-6-16-4-7-17(8-5-16)24(28)31-3/h4-9,12-13H,10-11,14-15H2,1-3H3/b9-6+. The van der Waals surface area contributed by atoms with Crippen LogP contribution in [0.5, 0.6) is 11.5 Å². The number of fused-ring (bicyclic) bond motifs is 1. The fourth-order valence-corrected chi connectivity index (χ4v) is 3.38. The molecule has 0 saturated carbocycles. The van der Waals surface area contributed by atoms with Gasteiger partial charge in [0.25, 0.3) is 5.91 Å². The van der Waals surface area contributed by atoms with E-state index in [1.54, 1.807) is 49.5 Å². The van der Waals surface area contributed by atoms with Crippen LogP contribution in [-0.2, 0) is 32.0 Å². The van der Waals surface area contributed by atoms with E-state index in [-0.39, 0.29) is 12.5 Å². The molecule has 0 aliphatic carbocycles. The van der Waals surface area contributed by atoms with Gasteiger partial charge in [0.1, 0.15) is 0 Å². The maximum atomic E-state index is 12.5. The number of hydrogen-bond donors (Lipinski definition) is 0. The Kier molecular flexibility index (Phi) is 7.49. The van der Waals surface area contributed by atoms with Gasteiger partial charge in [-0.3, -0.25) is 4.79 Å². The molecular formula is C24H25NO7. The van der Waals surface area contributed by atoms with Gasteiger partial charge >= 0.3 is 11.9 Å². The van der Waals surface area contributed by atoms with Crippen LogP contribution in [0.3, 0.4) is 0 Å². The van der Waals surface area contributed by atoms with E-state index in [2.05, 4.69) is 4.74 Å². The third kappa shape index (κ3) is 5.46. The van der Waals surface area contributed by atoms with Crippen LogP contribution in [0.2, 0.25) is 0 Å². The second-order valence-electron chi connectivity index (χ2n) is 7.10. The Morgan fingerprint density at radius 2 is 1.62 bits per heavy atom. The van der Waals surface area contributed by atoms with E-state index in [9.17, 15) is 14.4 Å². The van der Waals surface area contributed by atoms with Crippen LogP contribution in [-0.4, -0.2) is 57.2 Å². The predicted molar refractivity (Wildman–Crippen MR) is 116 cm³/mol. The van der Waals surface area contributed by atoms with Crippen molar-refractivity contribution >= 4 is 23.9 Å². The smallest absolute Gasteiger partial charge is 0.337 e. The molecule has 0 unspecified atom stereocenters. The van der Waals surface area contributed by atoms with Crippen LogP contribution in [0.15, 0.2) is 42.5 Å². The Balaban J connectivity index is 1.53. The molecule has 0 N–H and O–H groups in total. The maximum absolute atomic E-state index is 12.5. The van der Waals surface area contributed by atoms with Gasteiger partial charge in [-0.25, -0.2) is 9.59 Å². The molecule has 1 aliphatic rings. The summed E-state index contributed by atoms with van der Waals surface area (Å²) in [6.07, 6.45) is 3.46. The van der Waals surface area contributed by atoms with E-state index in [1.807, 2.05) is 12.1 Å². The lowest BCUT2D eigenvalue weighted by Gasteiger charge is -2.29. The largest absolute Gasteiger partial charge is 0.493 e. The lowest BCUT2D eigenvalue weighted by atomic mass is 9.99. The van der Waals surface area contributed by atoms with Crippen LogP contribution in [0.4, 0.5) is 0 Å². The highest BCUT2D eigenvalue weighted by atomic mass is 16.5. The second kappa shape index (κ2) is 10.5. The van der Waals surface area contributed by atoms with Crippen molar-refractivity contribution < 1.29 is 33.3 Å². The molecule has 1 aliphatic heterocycles. The molecule has 3 rings (SSSR count). The predicted octanol–water partition coefficient (Wildman–Crippen LogP) is 2.63. The average molecular weight is 439 g/mol. The number of methoxy groups -OCH3 is 3. The number of amides is 1. The highest BCUT2D eigenvalue weighted by Crippen LogP contribution is 2.33. The fourth-order valence-electron chi connectivity index (χ4n) is 3.38. The van der Waals surface area contributed by atoms with E-state index >= 15 is 0 Å². The van der Waals surface area contributed by atoms with Crippen molar-refractivity contribution in [3.05, 3.63) is 64.7 Å². The lowest BCUT2D eigenvalue weighted by molar-refractivity contribution is -0.148. The summed E-state index contributed by atoms with van der Waals surface area (Å²) in [5, 5.41) is 0. The number of ether oxygens (including phenoxy) is 4. The molecule has 0 radical (unpaired) electrons. The van der Waals surface area contributed by atoms with Gasteiger partial charge in [-0.05, 0) is 53.5 Å². The third-order valence-electron chi connectivity index (χ3n) is 5.15. The maximum Gasteiger partial charge on any atom is 0.337 e. The normalized spacial score (nSPS) is 12.8. The summed E-state index contributed by atoms with van der Waals surface area (Å²) in [5.74, 6) is -0.0615. The zero-order chi connectivity index (χ0) is 23.1. The van der Waals surface area contributed by atoms with Gasteiger partial charge in [0, 0.05) is 19.2 Å². The molecule has 0 aromatic heterocycles. The van der Waals surface area contributed by atoms with Crippen molar-refractivity contribution in [3.8, 4) is 11.5 Å². The minimum absolute atomic E-state index is 0.269. The van der Waals surface area contributed by atoms with Crippen molar-refractivity contribution in [2.45, 2.75) is 13.0 Å². The number of carbonyl (C=O) groups excluding carboxylic acids is 3. The third-order valence-corrected chi connectivity index (χ3v) is 5.15. The summed E-state index contributed by atoms with van der Waals surface area (Å²) >= 11 is 0. The van der Waals surface area contributed by atoms with E-state index in [0.717, 1.165) is 11.1 Å². The van der Waals surface area contributed by atoms with Gasteiger partial charge in [0.2, 0.25) is 0 Å². The SMILES string of the molecule is COC(=O)c1ccc(/C=C/C(=O)OCC(=O)N2CCc3cc(OC)c(OC)cc3C2)cc1. The van der Waals surface area contributed by atoms with Crippen molar-refractivity contribution in [3.63, 3.8) is 0 Å². The molecule has 2 aromatic carbocycles. The molecule has 0 atom stereocenters. The summed E-state index contributed by atoms with van der Waals surface area (Å²) in [7, 11) is 4.46. The van der Waals surface area contributed by atoms with E-state index < -0.39 is 11.9 Å². The number of rotatable bonds is 7. The second-order valence-corrected chi connectivity index (χ2v) is 7.10. The molecule has 8 heteroatoms. The average Bonchev–Trinajstić information content (AvgIpc) is 2.84. The Morgan fingerprint density at radius 3 is 2.25 bits per heavy atom. The summed E-state index contributed by atoms with van der Waals surface area (Å²) in [6.45, 7) is 0.600. The summed E-state index contributed by atoms with van der Waals surface area (Å²) < 4.78 is 20.4. The topological polar surface area (TPSA) is 91.4 Å². The zero-order valence-corrected chi connectivity index (χ0v) is 18.3. The molecule has 0 fully saturated rings. The Hall–Kier alpha value is -3.81. The van der Waals surface area contributed by atoms with E-state index in [1.165, 1.54) is 13.2 Å². The Morgan fingerprint density at radius 1 is 0.969 bits per heavy atom. The molecule has 168 valence electrons. The first-order chi connectivity index (χ1) is 15.4. The van der Waals surface area contributed by atoms with E-state index in [4.69, 9.17) is 14.2 Å². The first kappa shape index (κ1) is 22.9. The molecule has 0 saturated heterocycles. The molecular weight excluding hydrogens is 414 g/mol. The number of nitrogens with zero attached hydrogens (tertiary/aromatic N) is 1. The lowest BCUT2D eigenvalue weighted by Crippen LogP contribution is -2.38. The van der Waals surface area contributed by atoms with Crippen molar-refractivity contribution in [2.75, 3.05) is 34.5 Å². The highest BCUT2D eigenvalue weighted by molar-refractivity contribution is 5.91. The van der Waals surface area contributed by atoms with Crippen LogP contribution in [0, 0.1) is 0 Å². The number of esters is 2. The zero-order valence-electron chi connectivity index (χ0n) is 18.3. The number of carbonyl (C=O) groups is 3. The van der Waals surface area contributed by atoms with Crippen molar-refractivity contribution in [1.29, 1.82) is 0 Å². The van der Waals surface area contributed by atoms with Crippen LogP contribution in [0.25, 0.3) is 6.08 Å². The molecule has 1 amide bonds.